The van der Waals surface area contributed by atoms with Crippen LogP contribution in [0.5, 0.6) is 0 Å². The molecule has 1 saturated carbocycles. The fraction of sp³-hybridized carbons (Fsp3) is 0.769. The van der Waals surface area contributed by atoms with E-state index >= 15 is 0 Å². The summed E-state index contributed by atoms with van der Waals surface area (Å²) in [7, 11) is 5.73. The Bertz CT molecular complexity index is 464. The highest BCUT2D eigenvalue weighted by Crippen LogP contribution is 2.28. The number of aromatic nitrogens is 3. The molecule has 0 unspecified atom stereocenters. The van der Waals surface area contributed by atoms with Gasteiger partial charge in [0.2, 0.25) is 17.8 Å². The molecule has 0 radical (unpaired) electrons. The normalized spacial score (nSPS) is 20.1. The van der Waals surface area contributed by atoms with E-state index in [9.17, 15) is 0 Å². The first-order chi connectivity index (χ1) is 9.67. The molecule has 0 spiro atoms. The van der Waals surface area contributed by atoms with Crippen molar-refractivity contribution in [2.24, 2.45) is 0 Å². The number of anilines is 3. The largest absolute Gasteiger partial charge is 0.357 e. The molecule has 7 nitrogen and oxygen atoms in total. The number of hydrogen-bond donors (Lipinski definition) is 1. The van der Waals surface area contributed by atoms with Crippen molar-refractivity contribution in [3.05, 3.63) is 0 Å². The molecule has 0 atom stereocenters. The lowest BCUT2D eigenvalue weighted by molar-refractivity contribution is 0.247. The van der Waals surface area contributed by atoms with Crippen LogP contribution in [0.4, 0.5) is 17.8 Å². The zero-order valence-corrected chi connectivity index (χ0v) is 12.5. The maximum Gasteiger partial charge on any atom is 0.232 e. The highest BCUT2D eigenvalue weighted by Gasteiger charge is 2.31. The van der Waals surface area contributed by atoms with Crippen LogP contribution in [0, 0.1) is 0 Å². The minimum Gasteiger partial charge on any atom is -0.357 e. The van der Waals surface area contributed by atoms with Crippen LogP contribution < -0.4 is 15.1 Å². The van der Waals surface area contributed by atoms with Gasteiger partial charge in [-0.1, -0.05) is 0 Å². The fourth-order valence-corrected chi connectivity index (χ4v) is 2.53. The summed E-state index contributed by atoms with van der Waals surface area (Å²) in [6.45, 7) is 4.22. The van der Waals surface area contributed by atoms with Crippen LogP contribution in [0.3, 0.4) is 0 Å². The van der Waals surface area contributed by atoms with Crippen molar-refractivity contribution < 1.29 is 0 Å². The van der Waals surface area contributed by atoms with Gasteiger partial charge in [0.15, 0.2) is 0 Å². The van der Waals surface area contributed by atoms with E-state index in [1.165, 1.54) is 12.8 Å². The summed E-state index contributed by atoms with van der Waals surface area (Å²) in [6, 6.07) is 0.848. The highest BCUT2D eigenvalue weighted by molar-refractivity contribution is 5.44. The molecule has 1 saturated heterocycles. The molecule has 110 valence electrons. The van der Waals surface area contributed by atoms with Gasteiger partial charge in [0, 0.05) is 53.4 Å². The summed E-state index contributed by atoms with van der Waals surface area (Å²) >= 11 is 0. The van der Waals surface area contributed by atoms with Crippen molar-refractivity contribution in [2.45, 2.75) is 18.9 Å². The van der Waals surface area contributed by atoms with E-state index < -0.39 is 0 Å². The Morgan fingerprint density at radius 1 is 1.05 bits per heavy atom. The lowest BCUT2D eigenvalue weighted by Gasteiger charge is -2.35. The monoisotopic (exact) mass is 277 g/mol. The third-order valence-corrected chi connectivity index (χ3v) is 3.90. The van der Waals surface area contributed by atoms with E-state index in [1.807, 2.05) is 26.0 Å². The van der Waals surface area contributed by atoms with Crippen molar-refractivity contribution in [2.75, 3.05) is 62.4 Å². The molecule has 0 aromatic carbocycles. The van der Waals surface area contributed by atoms with Crippen molar-refractivity contribution in [3.8, 4) is 0 Å². The Morgan fingerprint density at radius 3 is 2.30 bits per heavy atom. The molecule has 1 aromatic rings. The molecular formula is C13H23N7. The molecule has 7 heteroatoms. The first-order valence-corrected chi connectivity index (χ1v) is 7.27. The van der Waals surface area contributed by atoms with Crippen molar-refractivity contribution in [1.29, 1.82) is 0 Å². The first-order valence-electron chi connectivity index (χ1n) is 7.27. The number of hydrogen-bond acceptors (Lipinski definition) is 7. The molecule has 20 heavy (non-hydrogen) atoms. The quantitative estimate of drug-likeness (QED) is 0.847. The van der Waals surface area contributed by atoms with Gasteiger partial charge >= 0.3 is 0 Å². The number of rotatable bonds is 4. The van der Waals surface area contributed by atoms with E-state index in [0.29, 0.717) is 11.9 Å². The molecule has 3 rings (SSSR count). The Balaban J connectivity index is 1.74. The number of piperazine rings is 1. The summed E-state index contributed by atoms with van der Waals surface area (Å²) in [4.78, 5) is 20.2. The van der Waals surface area contributed by atoms with Gasteiger partial charge < -0.3 is 15.1 Å². The third kappa shape index (κ3) is 2.77. The van der Waals surface area contributed by atoms with Gasteiger partial charge in [-0.3, -0.25) is 4.90 Å². The predicted molar refractivity (Wildman–Crippen MR) is 80.5 cm³/mol. The zero-order chi connectivity index (χ0) is 14.1. The van der Waals surface area contributed by atoms with Crippen molar-refractivity contribution in [3.63, 3.8) is 0 Å². The lowest BCUT2D eigenvalue weighted by Crippen LogP contribution is -2.47. The van der Waals surface area contributed by atoms with E-state index in [0.717, 1.165) is 38.2 Å². The van der Waals surface area contributed by atoms with Crippen LogP contribution in [-0.2, 0) is 0 Å². The smallest absolute Gasteiger partial charge is 0.232 e. The van der Waals surface area contributed by atoms with Crippen molar-refractivity contribution >= 4 is 17.8 Å². The second-order valence-electron chi connectivity index (χ2n) is 5.66. The second-order valence-corrected chi connectivity index (χ2v) is 5.66. The molecule has 2 heterocycles. The summed E-state index contributed by atoms with van der Waals surface area (Å²) < 4.78 is 0. The van der Waals surface area contributed by atoms with Gasteiger partial charge in [-0.2, -0.15) is 15.0 Å². The maximum atomic E-state index is 4.56. The molecule has 1 aromatic heterocycles. The van der Waals surface area contributed by atoms with Crippen LogP contribution in [0.25, 0.3) is 0 Å². The second kappa shape index (κ2) is 5.40. The van der Waals surface area contributed by atoms with E-state index in [1.54, 1.807) is 0 Å². The van der Waals surface area contributed by atoms with Gasteiger partial charge in [0.05, 0.1) is 0 Å². The van der Waals surface area contributed by atoms with Gasteiger partial charge in [0.1, 0.15) is 0 Å². The van der Waals surface area contributed by atoms with E-state index in [2.05, 4.69) is 30.1 Å². The Labute approximate surface area is 120 Å². The van der Waals surface area contributed by atoms with Gasteiger partial charge in [-0.25, -0.2) is 0 Å². The van der Waals surface area contributed by atoms with Crippen LogP contribution in [0.1, 0.15) is 12.8 Å². The van der Waals surface area contributed by atoms with Crippen LogP contribution >= 0.6 is 0 Å². The standard InChI is InChI=1S/C13H23N7/c1-14-11-15-12(18(2)3)17-13(16-11)20-8-6-19(7-9-20)10-4-5-10/h10H,4-9H2,1-3H3,(H,14,15,16,17). The summed E-state index contributed by atoms with van der Waals surface area (Å²) in [6.07, 6.45) is 2.75. The molecule has 1 N–H and O–H groups in total. The minimum absolute atomic E-state index is 0.628. The minimum atomic E-state index is 0.628. The Hall–Kier alpha value is -1.63. The lowest BCUT2D eigenvalue weighted by atomic mass is 10.3. The van der Waals surface area contributed by atoms with Crippen LogP contribution in [0.2, 0.25) is 0 Å². The molecule has 2 fully saturated rings. The van der Waals surface area contributed by atoms with E-state index in [-0.39, 0.29) is 0 Å². The fourth-order valence-electron chi connectivity index (χ4n) is 2.53. The maximum absolute atomic E-state index is 4.56. The van der Waals surface area contributed by atoms with Gasteiger partial charge in [-0.05, 0) is 12.8 Å². The SMILES string of the molecule is CNc1nc(N(C)C)nc(N2CCN(C3CC3)CC2)n1. The van der Waals surface area contributed by atoms with Crippen molar-refractivity contribution in [1.82, 2.24) is 19.9 Å². The van der Waals surface area contributed by atoms with Crippen LogP contribution in [-0.4, -0.2) is 73.2 Å². The van der Waals surface area contributed by atoms with E-state index in [4.69, 9.17) is 0 Å². The third-order valence-electron chi connectivity index (χ3n) is 3.90. The molecular weight excluding hydrogens is 254 g/mol. The number of nitrogens with zero attached hydrogens (tertiary/aromatic N) is 6. The average Bonchev–Trinajstić information content (AvgIpc) is 3.31. The number of nitrogens with one attached hydrogen (secondary N) is 1. The summed E-state index contributed by atoms with van der Waals surface area (Å²) in [5.41, 5.74) is 0. The predicted octanol–water partition coefficient (Wildman–Crippen LogP) is 0.264. The van der Waals surface area contributed by atoms with Gasteiger partial charge in [-0.15, -0.1) is 0 Å². The molecule has 1 aliphatic carbocycles. The Kier molecular flexibility index (Phi) is 3.60. The zero-order valence-electron chi connectivity index (χ0n) is 12.5. The molecule has 0 amide bonds. The Morgan fingerprint density at radius 2 is 1.75 bits per heavy atom. The molecule has 0 bridgehead atoms. The van der Waals surface area contributed by atoms with Gasteiger partial charge in [0.25, 0.3) is 0 Å². The molecule has 2 aliphatic rings. The van der Waals surface area contributed by atoms with Crippen LogP contribution in [0.15, 0.2) is 0 Å². The first kappa shape index (κ1) is 13.4. The highest BCUT2D eigenvalue weighted by atomic mass is 15.4. The topological polar surface area (TPSA) is 60.4 Å². The molecule has 1 aliphatic heterocycles. The summed E-state index contributed by atoms with van der Waals surface area (Å²) in [5, 5.41) is 3.01. The summed E-state index contributed by atoms with van der Waals surface area (Å²) in [5.74, 6) is 2.11. The average molecular weight is 277 g/mol.